The van der Waals surface area contributed by atoms with Crippen molar-refractivity contribution in [3.63, 3.8) is 0 Å². The molecule has 0 spiro atoms. The van der Waals surface area contributed by atoms with Crippen molar-refractivity contribution < 1.29 is 24.6 Å². The molecular weight excluding hydrogens is 180 g/mol. The number of carboxylic acid groups (broad SMARTS) is 1. The third kappa shape index (κ3) is 4.06. The maximum absolute atomic E-state index is 10.7. The fraction of sp³-hybridized carbons (Fsp3) is 0.500. The van der Waals surface area contributed by atoms with Crippen molar-refractivity contribution >= 4 is 17.9 Å². The Balaban J connectivity index is 4.18. The first-order chi connectivity index (χ1) is 5.99. The highest BCUT2D eigenvalue weighted by atomic mass is 16.4. The van der Waals surface area contributed by atoms with Gasteiger partial charge in [-0.25, -0.2) is 4.79 Å². The number of carbonyl (C=O) groups is 3. The van der Waals surface area contributed by atoms with Gasteiger partial charge in [0, 0.05) is 6.54 Å². The lowest BCUT2D eigenvalue weighted by Crippen LogP contribution is -2.43. The third-order valence-corrected chi connectivity index (χ3v) is 1.25. The minimum Gasteiger partial charge on any atom is -0.481 e. The van der Waals surface area contributed by atoms with E-state index in [-0.39, 0.29) is 6.54 Å². The number of aliphatic hydroxyl groups excluding tert-OH is 1. The molecule has 0 fully saturated rings. The standard InChI is InChI=1S/C6H10N2O5/c7-6(13)8(4(10)3-9)2-1-5(11)12/h9H,1-3H2,(H2,7,13)(H,11,12). The van der Waals surface area contributed by atoms with Crippen molar-refractivity contribution in [1.29, 1.82) is 0 Å². The van der Waals surface area contributed by atoms with Gasteiger partial charge in [0.1, 0.15) is 6.61 Å². The number of imide groups is 1. The summed E-state index contributed by atoms with van der Waals surface area (Å²) in [6.45, 7) is -1.20. The minimum atomic E-state index is -1.16. The van der Waals surface area contributed by atoms with Gasteiger partial charge < -0.3 is 15.9 Å². The highest BCUT2D eigenvalue weighted by Gasteiger charge is 2.18. The fourth-order valence-electron chi connectivity index (χ4n) is 0.651. The number of aliphatic hydroxyl groups is 1. The van der Waals surface area contributed by atoms with Crippen LogP contribution in [0.25, 0.3) is 0 Å². The van der Waals surface area contributed by atoms with Crippen molar-refractivity contribution in [2.75, 3.05) is 13.2 Å². The summed E-state index contributed by atoms with van der Waals surface area (Å²) in [7, 11) is 0. The summed E-state index contributed by atoms with van der Waals surface area (Å²) in [5.41, 5.74) is 4.76. The average Bonchev–Trinajstić information content (AvgIpc) is 2.03. The summed E-state index contributed by atoms with van der Waals surface area (Å²) in [4.78, 5) is 31.8. The summed E-state index contributed by atoms with van der Waals surface area (Å²) < 4.78 is 0. The van der Waals surface area contributed by atoms with Crippen LogP contribution in [0.3, 0.4) is 0 Å². The monoisotopic (exact) mass is 190 g/mol. The Hall–Kier alpha value is -1.63. The molecule has 0 aromatic heterocycles. The van der Waals surface area contributed by atoms with Crippen LogP contribution < -0.4 is 5.73 Å². The number of hydrogen-bond donors (Lipinski definition) is 3. The maximum atomic E-state index is 10.7. The van der Waals surface area contributed by atoms with Gasteiger partial charge in [0.15, 0.2) is 0 Å². The van der Waals surface area contributed by atoms with Crippen LogP contribution in [-0.2, 0) is 9.59 Å². The van der Waals surface area contributed by atoms with Gasteiger partial charge in [0.2, 0.25) is 0 Å². The molecule has 0 rings (SSSR count). The van der Waals surface area contributed by atoms with Crippen LogP contribution in [-0.4, -0.2) is 46.2 Å². The molecular formula is C6H10N2O5. The predicted octanol–water partition coefficient (Wildman–Crippen LogP) is -1.64. The third-order valence-electron chi connectivity index (χ3n) is 1.25. The zero-order valence-electron chi connectivity index (χ0n) is 6.77. The molecule has 0 bridgehead atoms. The number of hydrogen-bond acceptors (Lipinski definition) is 4. The SMILES string of the molecule is NC(=O)N(CCC(=O)O)C(=O)CO. The summed E-state index contributed by atoms with van der Waals surface area (Å²) in [5.74, 6) is -2.06. The average molecular weight is 190 g/mol. The van der Waals surface area contributed by atoms with Gasteiger partial charge in [-0.3, -0.25) is 14.5 Å². The number of rotatable bonds is 4. The van der Waals surface area contributed by atoms with Crippen molar-refractivity contribution in [1.82, 2.24) is 4.90 Å². The van der Waals surface area contributed by atoms with Crippen LogP contribution in [0.1, 0.15) is 6.42 Å². The van der Waals surface area contributed by atoms with Crippen LogP contribution in [0.4, 0.5) is 4.79 Å². The Kier molecular flexibility index (Phi) is 4.45. The molecule has 0 atom stereocenters. The second-order valence-electron chi connectivity index (χ2n) is 2.19. The molecule has 0 saturated carbocycles. The van der Waals surface area contributed by atoms with E-state index in [0.717, 1.165) is 0 Å². The molecule has 74 valence electrons. The van der Waals surface area contributed by atoms with E-state index >= 15 is 0 Å². The second kappa shape index (κ2) is 5.09. The molecule has 3 amide bonds. The van der Waals surface area contributed by atoms with Gasteiger partial charge in [-0.2, -0.15) is 0 Å². The number of carbonyl (C=O) groups excluding carboxylic acids is 2. The Morgan fingerprint density at radius 1 is 1.31 bits per heavy atom. The summed E-state index contributed by atoms with van der Waals surface area (Å²) >= 11 is 0. The van der Waals surface area contributed by atoms with Gasteiger partial charge in [-0.1, -0.05) is 0 Å². The van der Waals surface area contributed by atoms with Gasteiger partial charge in [-0.05, 0) is 0 Å². The van der Waals surface area contributed by atoms with Crippen molar-refractivity contribution in [3.8, 4) is 0 Å². The molecule has 0 heterocycles. The van der Waals surface area contributed by atoms with Gasteiger partial charge in [0.05, 0.1) is 6.42 Å². The number of amides is 3. The molecule has 4 N–H and O–H groups in total. The van der Waals surface area contributed by atoms with Gasteiger partial charge >= 0.3 is 12.0 Å². The smallest absolute Gasteiger partial charge is 0.321 e. The number of nitrogens with zero attached hydrogens (tertiary/aromatic N) is 1. The van der Waals surface area contributed by atoms with E-state index in [1.165, 1.54) is 0 Å². The van der Waals surface area contributed by atoms with E-state index in [4.69, 9.17) is 15.9 Å². The zero-order valence-corrected chi connectivity index (χ0v) is 6.77. The van der Waals surface area contributed by atoms with Crippen LogP contribution in [0, 0.1) is 0 Å². The lowest BCUT2D eigenvalue weighted by atomic mass is 10.4. The van der Waals surface area contributed by atoms with E-state index in [1.54, 1.807) is 0 Å². The maximum Gasteiger partial charge on any atom is 0.321 e. The molecule has 13 heavy (non-hydrogen) atoms. The number of carboxylic acids is 1. The normalized spacial score (nSPS) is 9.31. The van der Waals surface area contributed by atoms with E-state index in [0.29, 0.717) is 4.90 Å². The lowest BCUT2D eigenvalue weighted by molar-refractivity contribution is -0.138. The van der Waals surface area contributed by atoms with E-state index in [2.05, 4.69) is 0 Å². The molecule has 7 heteroatoms. The molecule has 0 aliphatic carbocycles. The van der Waals surface area contributed by atoms with Crippen LogP contribution in [0.15, 0.2) is 0 Å². The first kappa shape index (κ1) is 11.4. The van der Waals surface area contributed by atoms with Crippen LogP contribution in [0.5, 0.6) is 0 Å². The summed E-state index contributed by atoms with van der Waals surface area (Å²) in [6.07, 6.45) is -0.394. The largest absolute Gasteiger partial charge is 0.481 e. The quantitative estimate of drug-likeness (QED) is 0.491. The van der Waals surface area contributed by atoms with E-state index in [9.17, 15) is 14.4 Å². The highest BCUT2D eigenvalue weighted by Crippen LogP contribution is 1.92. The minimum absolute atomic E-state index is 0.329. The number of primary amides is 1. The second-order valence-corrected chi connectivity index (χ2v) is 2.19. The first-order valence-corrected chi connectivity index (χ1v) is 3.41. The first-order valence-electron chi connectivity index (χ1n) is 3.41. The number of urea groups is 1. The van der Waals surface area contributed by atoms with Crippen molar-refractivity contribution in [2.24, 2.45) is 5.73 Å². The van der Waals surface area contributed by atoms with Gasteiger partial charge in [-0.15, -0.1) is 0 Å². The van der Waals surface area contributed by atoms with E-state index in [1.807, 2.05) is 0 Å². The van der Waals surface area contributed by atoms with Gasteiger partial charge in [0.25, 0.3) is 5.91 Å². The zero-order chi connectivity index (χ0) is 10.4. The Morgan fingerprint density at radius 2 is 1.85 bits per heavy atom. The molecule has 0 aromatic rings. The van der Waals surface area contributed by atoms with Crippen molar-refractivity contribution in [2.45, 2.75) is 6.42 Å². The molecule has 0 radical (unpaired) electrons. The fourth-order valence-corrected chi connectivity index (χ4v) is 0.651. The van der Waals surface area contributed by atoms with E-state index < -0.39 is 30.9 Å². The predicted molar refractivity (Wildman–Crippen MR) is 40.6 cm³/mol. The molecule has 0 aromatic carbocycles. The number of nitrogens with two attached hydrogens (primary N) is 1. The topological polar surface area (TPSA) is 121 Å². The summed E-state index contributed by atoms with van der Waals surface area (Å²) in [6, 6.07) is -1.07. The molecule has 0 saturated heterocycles. The molecule has 7 nitrogen and oxygen atoms in total. The van der Waals surface area contributed by atoms with Crippen LogP contribution >= 0.6 is 0 Å². The lowest BCUT2D eigenvalue weighted by Gasteiger charge is -2.15. The van der Waals surface area contributed by atoms with Crippen LogP contribution in [0.2, 0.25) is 0 Å². The Labute approximate surface area is 73.7 Å². The molecule has 0 unspecified atom stereocenters. The highest BCUT2D eigenvalue weighted by molar-refractivity contribution is 5.94. The number of aliphatic carboxylic acids is 1. The van der Waals surface area contributed by atoms with Crippen molar-refractivity contribution in [3.05, 3.63) is 0 Å². The molecule has 0 aliphatic heterocycles. The molecule has 0 aliphatic rings. The summed E-state index contributed by atoms with van der Waals surface area (Å²) in [5, 5.41) is 16.6. The Bertz CT molecular complexity index is 227. The Morgan fingerprint density at radius 3 is 2.15 bits per heavy atom.